The van der Waals surface area contributed by atoms with Gasteiger partial charge in [-0.3, -0.25) is 9.88 Å². The van der Waals surface area contributed by atoms with Crippen LogP contribution < -0.4 is 10.5 Å². The number of nitrogens with zero attached hydrogens (tertiary/aromatic N) is 6. The van der Waals surface area contributed by atoms with Gasteiger partial charge >= 0.3 is 0 Å². The van der Waals surface area contributed by atoms with Gasteiger partial charge in [0.1, 0.15) is 11.3 Å². The molecule has 0 aliphatic carbocycles. The van der Waals surface area contributed by atoms with E-state index in [4.69, 9.17) is 15.5 Å². The van der Waals surface area contributed by atoms with E-state index >= 15 is 0 Å². The molecule has 8 nitrogen and oxygen atoms in total. The molecule has 1 aromatic carbocycles. The second-order valence-electron chi connectivity index (χ2n) is 6.21. The summed E-state index contributed by atoms with van der Waals surface area (Å²) in [6, 6.07) is 11.6. The predicted octanol–water partition coefficient (Wildman–Crippen LogP) is 2.29. The number of fused-ring (bicyclic) bond motifs is 3. The molecular formula is C19H21N7O. The molecule has 4 rings (SSSR count). The van der Waals surface area contributed by atoms with E-state index < -0.39 is 0 Å². The first-order valence-electron chi connectivity index (χ1n) is 8.79. The summed E-state index contributed by atoms with van der Waals surface area (Å²) in [7, 11) is 1.61. The van der Waals surface area contributed by atoms with Crippen molar-refractivity contribution in [1.29, 1.82) is 0 Å². The van der Waals surface area contributed by atoms with Crippen LogP contribution in [0.2, 0.25) is 0 Å². The van der Waals surface area contributed by atoms with Gasteiger partial charge in [0, 0.05) is 18.1 Å². The molecule has 27 heavy (non-hydrogen) atoms. The number of hydrogen-bond donors (Lipinski definition) is 1. The topological polar surface area (TPSA) is 94.5 Å². The summed E-state index contributed by atoms with van der Waals surface area (Å²) in [5.74, 6) is 1.64. The second kappa shape index (κ2) is 7.16. The monoisotopic (exact) mass is 363 g/mol. The molecule has 8 heteroatoms. The molecule has 0 aliphatic heterocycles. The van der Waals surface area contributed by atoms with Crippen LogP contribution in [-0.2, 0) is 13.1 Å². The maximum Gasteiger partial charge on any atom is 0.223 e. The van der Waals surface area contributed by atoms with Crippen LogP contribution in [0.15, 0.2) is 42.6 Å². The molecule has 2 N–H and O–H groups in total. The molecule has 138 valence electrons. The summed E-state index contributed by atoms with van der Waals surface area (Å²) >= 11 is 0. The number of rotatable bonds is 6. The number of pyridine rings is 1. The fourth-order valence-electron chi connectivity index (χ4n) is 3.10. The minimum atomic E-state index is 0.286. The average molecular weight is 363 g/mol. The van der Waals surface area contributed by atoms with Crippen molar-refractivity contribution < 1.29 is 4.74 Å². The molecule has 0 saturated carbocycles. The van der Waals surface area contributed by atoms with Crippen molar-refractivity contribution >= 4 is 22.5 Å². The Morgan fingerprint density at radius 3 is 2.74 bits per heavy atom. The number of aromatic nitrogens is 5. The van der Waals surface area contributed by atoms with Crippen molar-refractivity contribution in [3.8, 4) is 5.75 Å². The first kappa shape index (κ1) is 17.2. The second-order valence-corrected chi connectivity index (χ2v) is 6.21. The lowest BCUT2D eigenvalue weighted by Gasteiger charge is -2.17. The van der Waals surface area contributed by atoms with Gasteiger partial charge in [-0.15, -0.1) is 5.10 Å². The highest BCUT2D eigenvalue weighted by atomic mass is 16.5. The standard InChI is InChI=1S/C19H21N7O/c1-3-25(11-13-7-4-5-10-21-13)12-16-22-18-14-8-6-9-15(27-2)17(14)23-19(20)26(18)24-16/h4-10H,3,11-12H2,1-2H3,(H2,20,23). The van der Waals surface area contributed by atoms with Crippen LogP contribution in [0.3, 0.4) is 0 Å². The number of ether oxygens (including phenoxy) is 1. The molecule has 0 unspecified atom stereocenters. The summed E-state index contributed by atoms with van der Waals surface area (Å²) in [6.45, 7) is 4.29. The summed E-state index contributed by atoms with van der Waals surface area (Å²) in [5.41, 5.74) is 8.50. The van der Waals surface area contributed by atoms with Gasteiger partial charge in [0.25, 0.3) is 0 Å². The van der Waals surface area contributed by atoms with Crippen molar-refractivity contribution in [2.24, 2.45) is 0 Å². The fraction of sp³-hybridized carbons (Fsp3) is 0.263. The lowest BCUT2D eigenvalue weighted by Crippen LogP contribution is -2.23. The summed E-state index contributed by atoms with van der Waals surface area (Å²) < 4.78 is 6.98. The van der Waals surface area contributed by atoms with Crippen LogP contribution in [0.25, 0.3) is 16.6 Å². The van der Waals surface area contributed by atoms with Gasteiger partial charge in [-0.1, -0.05) is 19.1 Å². The van der Waals surface area contributed by atoms with E-state index in [-0.39, 0.29) is 5.95 Å². The highest BCUT2D eigenvalue weighted by Gasteiger charge is 2.16. The number of nitrogen functional groups attached to an aromatic ring is 1. The Labute approximate surface area is 156 Å². The number of para-hydroxylation sites is 1. The van der Waals surface area contributed by atoms with Crippen LogP contribution in [0.5, 0.6) is 5.75 Å². The van der Waals surface area contributed by atoms with Gasteiger partial charge in [-0.05, 0) is 30.8 Å². The van der Waals surface area contributed by atoms with Gasteiger partial charge in [0.15, 0.2) is 11.5 Å². The summed E-state index contributed by atoms with van der Waals surface area (Å²) in [5, 5.41) is 5.42. The maximum atomic E-state index is 6.12. The number of anilines is 1. The van der Waals surface area contributed by atoms with E-state index in [1.165, 1.54) is 0 Å². The molecule has 0 fully saturated rings. The van der Waals surface area contributed by atoms with Gasteiger partial charge in [-0.2, -0.15) is 4.52 Å². The fourth-order valence-corrected chi connectivity index (χ4v) is 3.10. The van der Waals surface area contributed by atoms with E-state index in [0.717, 1.165) is 24.2 Å². The Hall–Kier alpha value is -3.26. The van der Waals surface area contributed by atoms with Crippen molar-refractivity contribution in [3.63, 3.8) is 0 Å². The molecule has 0 bridgehead atoms. The minimum Gasteiger partial charge on any atom is -0.494 e. The maximum absolute atomic E-state index is 6.12. The first-order valence-corrected chi connectivity index (χ1v) is 8.79. The van der Waals surface area contributed by atoms with E-state index in [2.05, 4.69) is 26.9 Å². The number of methoxy groups -OCH3 is 1. The van der Waals surface area contributed by atoms with Gasteiger partial charge < -0.3 is 10.5 Å². The highest BCUT2D eigenvalue weighted by molar-refractivity contribution is 5.95. The first-order chi connectivity index (χ1) is 13.2. The Morgan fingerprint density at radius 1 is 1.11 bits per heavy atom. The number of hydrogen-bond acceptors (Lipinski definition) is 7. The van der Waals surface area contributed by atoms with E-state index in [0.29, 0.717) is 29.3 Å². The van der Waals surface area contributed by atoms with E-state index in [1.54, 1.807) is 17.8 Å². The third-order valence-electron chi connectivity index (χ3n) is 4.48. The van der Waals surface area contributed by atoms with Crippen LogP contribution >= 0.6 is 0 Å². The van der Waals surface area contributed by atoms with Gasteiger partial charge in [-0.25, -0.2) is 9.97 Å². The quantitative estimate of drug-likeness (QED) is 0.561. The molecule has 0 spiro atoms. The predicted molar refractivity (Wildman–Crippen MR) is 103 cm³/mol. The molecule has 3 aromatic heterocycles. The highest BCUT2D eigenvalue weighted by Crippen LogP contribution is 2.27. The van der Waals surface area contributed by atoms with Gasteiger partial charge in [0.05, 0.1) is 19.3 Å². The molecule has 0 amide bonds. The smallest absolute Gasteiger partial charge is 0.223 e. The lowest BCUT2D eigenvalue weighted by molar-refractivity contribution is 0.261. The largest absolute Gasteiger partial charge is 0.494 e. The molecule has 0 atom stereocenters. The van der Waals surface area contributed by atoms with Crippen molar-refractivity contribution in [1.82, 2.24) is 29.5 Å². The Kier molecular flexibility index (Phi) is 4.55. The molecular weight excluding hydrogens is 342 g/mol. The van der Waals surface area contributed by atoms with Crippen molar-refractivity contribution in [2.45, 2.75) is 20.0 Å². The molecule has 3 heterocycles. The Bertz CT molecular complexity index is 1080. The molecule has 0 radical (unpaired) electrons. The third kappa shape index (κ3) is 3.26. The third-order valence-corrected chi connectivity index (χ3v) is 4.48. The lowest BCUT2D eigenvalue weighted by atomic mass is 10.2. The SMILES string of the molecule is CCN(Cc1ccccn1)Cc1nc2c3cccc(OC)c3nc(N)n2n1. The zero-order chi connectivity index (χ0) is 18.8. The Morgan fingerprint density at radius 2 is 2.00 bits per heavy atom. The van der Waals surface area contributed by atoms with Crippen LogP contribution in [0.4, 0.5) is 5.95 Å². The van der Waals surface area contributed by atoms with E-state index in [9.17, 15) is 0 Å². The van der Waals surface area contributed by atoms with Crippen molar-refractivity contribution in [3.05, 3.63) is 54.1 Å². The van der Waals surface area contributed by atoms with Crippen molar-refractivity contribution in [2.75, 3.05) is 19.4 Å². The zero-order valence-electron chi connectivity index (χ0n) is 15.3. The minimum absolute atomic E-state index is 0.286. The Balaban J connectivity index is 1.70. The number of nitrogens with two attached hydrogens (primary N) is 1. The average Bonchev–Trinajstić information content (AvgIpc) is 3.12. The molecule has 0 aliphatic rings. The summed E-state index contributed by atoms with van der Waals surface area (Å²) in [4.78, 5) is 15.8. The number of benzene rings is 1. The molecule has 0 saturated heterocycles. The normalized spacial score (nSPS) is 11.5. The van der Waals surface area contributed by atoms with Crippen LogP contribution in [0, 0.1) is 0 Å². The molecule has 4 aromatic rings. The van der Waals surface area contributed by atoms with E-state index in [1.807, 2.05) is 36.4 Å². The van der Waals surface area contributed by atoms with Gasteiger partial charge in [0.2, 0.25) is 5.95 Å². The zero-order valence-corrected chi connectivity index (χ0v) is 15.3. The van der Waals surface area contributed by atoms with Crippen LogP contribution in [-0.4, -0.2) is 43.1 Å². The summed E-state index contributed by atoms with van der Waals surface area (Å²) in [6.07, 6.45) is 1.80. The van der Waals surface area contributed by atoms with Crippen LogP contribution in [0.1, 0.15) is 18.4 Å².